The van der Waals surface area contributed by atoms with Crippen LogP contribution in [0.3, 0.4) is 0 Å². The maximum Gasteiger partial charge on any atom is 0.411 e. The quantitative estimate of drug-likeness (QED) is 0.858. The van der Waals surface area contributed by atoms with Gasteiger partial charge in [0.05, 0.1) is 18.0 Å². The van der Waals surface area contributed by atoms with Gasteiger partial charge in [-0.05, 0) is 18.1 Å². The van der Waals surface area contributed by atoms with Crippen LogP contribution >= 0.6 is 11.8 Å². The SMILES string of the molecule is CCc1ccc(COCC(F)(F)F)c(N2C(=O)CSC2=NC(N)=O)c1. The van der Waals surface area contributed by atoms with Gasteiger partial charge in [-0.1, -0.05) is 30.8 Å². The molecule has 10 heteroatoms. The van der Waals surface area contributed by atoms with Crippen LogP contribution in [0.4, 0.5) is 23.7 Å². The van der Waals surface area contributed by atoms with Crippen LogP contribution in [0, 0.1) is 0 Å². The molecule has 2 N–H and O–H groups in total. The smallest absolute Gasteiger partial charge is 0.367 e. The molecule has 0 bridgehead atoms. The highest BCUT2D eigenvalue weighted by atomic mass is 32.2. The number of amidine groups is 1. The van der Waals surface area contributed by atoms with Crippen LogP contribution in [0.1, 0.15) is 18.1 Å². The average molecular weight is 375 g/mol. The number of carbonyl (C=O) groups is 2. The maximum atomic E-state index is 12.3. The predicted molar refractivity (Wildman–Crippen MR) is 88.5 cm³/mol. The summed E-state index contributed by atoms with van der Waals surface area (Å²) in [5.74, 6) is -0.277. The molecule has 2 rings (SSSR count). The van der Waals surface area contributed by atoms with E-state index in [1.54, 1.807) is 18.2 Å². The Bertz CT molecular complexity index is 707. The molecule has 1 aliphatic rings. The van der Waals surface area contributed by atoms with Crippen LogP contribution in [-0.2, 0) is 22.6 Å². The number of thioether (sulfide) groups is 1. The summed E-state index contributed by atoms with van der Waals surface area (Å²) < 4.78 is 41.6. The van der Waals surface area contributed by atoms with E-state index in [1.165, 1.54) is 4.90 Å². The molecule has 0 saturated carbocycles. The molecule has 0 unspecified atom stereocenters. The Balaban J connectivity index is 2.36. The summed E-state index contributed by atoms with van der Waals surface area (Å²) in [6, 6.07) is 4.06. The lowest BCUT2D eigenvalue weighted by atomic mass is 10.1. The highest BCUT2D eigenvalue weighted by Gasteiger charge is 2.32. The summed E-state index contributed by atoms with van der Waals surface area (Å²) in [7, 11) is 0. The second kappa shape index (κ2) is 7.87. The number of primary amides is 1. The first kappa shape index (κ1) is 19.3. The molecule has 1 fully saturated rings. The first-order chi connectivity index (χ1) is 11.7. The van der Waals surface area contributed by atoms with Crippen molar-refractivity contribution in [3.05, 3.63) is 29.3 Å². The molecule has 0 aliphatic carbocycles. The number of nitrogens with two attached hydrogens (primary N) is 1. The van der Waals surface area contributed by atoms with E-state index >= 15 is 0 Å². The van der Waals surface area contributed by atoms with Gasteiger partial charge in [0.25, 0.3) is 0 Å². The lowest BCUT2D eigenvalue weighted by Crippen LogP contribution is -2.31. The van der Waals surface area contributed by atoms with Crippen molar-refractivity contribution in [3.63, 3.8) is 0 Å². The number of ether oxygens (including phenoxy) is 1. The van der Waals surface area contributed by atoms with Crippen molar-refractivity contribution in [3.8, 4) is 0 Å². The summed E-state index contributed by atoms with van der Waals surface area (Å²) in [4.78, 5) is 28.1. The molecular formula is C15H16F3N3O3S. The molecule has 1 heterocycles. The number of nitrogens with zero attached hydrogens (tertiary/aromatic N) is 2. The first-order valence-electron chi connectivity index (χ1n) is 7.31. The summed E-state index contributed by atoms with van der Waals surface area (Å²) in [6.45, 7) is 0.169. The van der Waals surface area contributed by atoms with Crippen molar-refractivity contribution in [2.75, 3.05) is 17.3 Å². The zero-order valence-corrected chi connectivity index (χ0v) is 14.1. The predicted octanol–water partition coefficient (Wildman–Crippen LogP) is 2.84. The summed E-state index contributed by atoms with van der Waals surface area (Å²) in [5, 5.41) is 0.0998. The Morgan fingerprint density at radius 2 is 2.16 bits per heavy atom. The molecular weight excluding hydrogens is 359 g/mol. The number of aliphatic imine (C=N–C) groups is 1. The van der Waals surface area contributed by atoms with Gasteiger partial charge in [-0.25, -0.2) is 4.79 Å². The van der Waals surface area contributed by atoms with Gasteiger partial charge in [-0.15, -0.1) is 0 Å². The van der Waals surface area contributed by atoms with Crippen molar-refractivity contribution < 1.29 is 27.5 Å². The minimum absolute atomic E-state index is 0.0608. The zero-order valence-electron chi connectivity index (χ0n) is 13.3. The number of urea groups is 1. The zero-order chi connectivity index (χ0) is 18.6. The molecule has 3 amide bonds. The van der Waals surface area contributed by atoms with Crippen molar-refractivity contribution in [1.29, 1.82) is 0 Å². The minimum atomic E-state index is -4.44. The van der Waals surface area contributed by atoms with Gasteiger partial charge in [-0.2, -0.15) is 18.2 Å². The monoisotopic (exact) mass is 375 g/mol. The first-order valence-corrected chi connectivity index (χ1v) is 8.30. The number of hydrogen-bond donors (Lipinski definition) is 1. The van der Waals surface area contributed by atoms with E-state index in [1.807, 2.05) is 6.92 Å². The van der Waals surface area contributed by atoms with Crippen molar-refractivity contribution >= 4 is 34.6 Å². The van der Waals surface area contributed by atoms with Crippen LogP contribution in [-0.4, -0.2) is 35.6 Å². The number of aryl methyl sites for hydroxylation is 1. The Hall–Kier alpha value is -2.07. The van der Waals surface area contributed by atoms with Crippen LogP contribution in [0.15, 0.2) is 23.2 Å². The summed E-state index contributed by atoms with van der Waals surface area (Å²) >= 11 is 1.04. The van der Waals surface area contributed by atoms with Crippen molar-refractivity contribution in [1.82, 2.24) is 0 Å². The number of hydrogen-bond acceptors (Lipinski definition) is 4. The number of amides is 3. The molecule has 0 aromatic heterocycles. The second-order valence-corrected chi connectivity index (χ2v) is 6.12. The van der Waals surface area contributed by atoms with Gasteiger partial charge in [-0.3, -0.25) is 9.69 Å². The van der Waals surface area contributed by atoms with Gasteiger partial charge in [0.15, 0.2) is 5.17 Å². The van der Waals surface area contributed by atoms with Crippen LogP contribution in [0.5, 0.6) is 0 Å². The van der Waals surface area contributed by atoms with Gasteiger partial charge in [0, 0.05) is 5.56 Å². The van der Waals surface area contributed by atoms with E-state index in [9.17, 15) is 22.8 Å². The molecule has 6 nitrogen and oxygen atoms in total. The number of rotatable bonds is 5. The molecule has 1 aliphatic heterocycles. The fourth-order valence-corrected chi connectivity index (χ4v) is 3.08. The molecule has 1 aromatic carbocycles. The van der Waals surface area contributed by atoms with Gasteiger partial charge >= 0.3 is 12.2 Å². The number of halogens is 3. The number of benzene rings is 1. The van der Waals surface area contributed by atoms with E-state index in [2.05, 4.69) is 4.99 Å². The van der Waals surface area contributed by atoms with E-state index in [0.717, 1.165) is 17.3 Å². The Morgan fingerprint density at radius 3 is 2.76 bits per heavy atom. The third kappa shape index (κ3) is 5.20. The van der Waals surface area contributed by atoms with Gasteiger partial charge in [0.1, 0.15) is 6.61 Å². The maximum absolute atomic E-state index is 12.3. The number of anilines is 1. The van der Waals surface area contributed by atoms with E-state index < -0.39 is 18.8 Å². The highest BCUT2D eigenvalue weighted by Crippen LogP contribution is 2.31. The summed E-state index contributed by atoms with van der Waals surface area (Å²) in [5.41, 5.74) is 6.65. The molecule has 136 valence electrons. The Labute approximate surface area is 146 Å². The van der Waals surface area contributed by atoms with Crippen LogP contribution < -0.4 is 10.6 Å². The third-order valence-corrected chi connectivity index (χ3v) is 4.22. The van der Waals surface area contributed by atoms with Crippen molar-refractivity contribution in [2.24, 2.45) is 10.7 Å². The lowest BCUT2D eigenvalue weighted by molar-refractivity contribution is -0.176. The number of alkyl halides is 3. The van der Waals surface area contributed by atoms with Gasteiger partial charge < -0.3 is 10.5 Å². The highest BCUT2D eigenvalue weighted by molar-refractivity contribution is 8.15. The molecule has 25 heavy (non-hydrogen) atoms. The fourth-order valence-electron chi connectivity index (χ4n) is 2.21. The van der Waals surface area contributed by atoms with Gasteiger partial charge in [0.2, 0.25) is 5.91 Å². The van der Waals surface area contributed by atoms with E-state index in [4.69, 9.17) is 10.5 Å². The normalized spacial score (nSPS) is 16.7. The average Bonchev–Trinajstić information content (AvgIpc) is 2.86. The molecule has 1 aromatic rings. The molecule has 0 atom stereocenters. The number of carbonyl (C=O) groups excluding carboxylic acids is 2. The largest absolute Gasteiger partial charge is 0.411 e. The Morgan fingerprint density at radius 1 is 1.44 bits per heavy atom. The van der Waals surface area contributed by atoms with Crippen LogP contribution in [0.25, 0.3) is 0 Å². The summed E-state index contributed by atoms with van der Waals surface area (Å²) in [6.07, 6.45) is -3.78. The van der Waals surface area contributed by atoms with Crippen LogP contribution in [0.2, 0.25) is 0 Å². The second-order valence-electron chi connectivity index (χ2n) is 5.18. The third-order valence-electron chi connectivity index (χ3n) is 3.29. The van der Waals surface area contributed by atoms with E-state index in [-0.39, 0.29) is 23.4 Å². The topological polar surface area (TPSA) is 85.0 Å². The molecule has 0 radical (unpaired) electrons. The molecule has 1 saturated heterocycles. The lowest BCUT2D eigenvalue weighted by Gasteiger charge is -2.21. The van der Waals surface area contributed by atoms with Crippen molar-refractivity contribution in [2.45, 2.75) is 26.1 Å². The van der Waals surface area contributed by atoms with E-state index in [0.29, 0.717) is 17.7 Å². The minimum Gasteiger partial charge on any atom is -0.367 e. The molecule has 0 spiro atoms. The fraction of sp³-hybridized carbons (Fsp3) is 0.400. The Kier molecular flexibility index (Phi) is 6.07. The standard InChI is InChI=1S/C15H16F3N3O3S/c1-2-9-3-4-10(6-24-8-15(16,17)18)11(5-9)21-12(22)7-25-14(21)20-13(19)23/h3-5H,2,6-8H2,1H3,(H2,19,23).